The molecule has 0 radical (unpaired) electrons. The van der Waals surface area contributed by atoms with Gasteiger partial charge in [-0.25, -0.2) is 0 Å². The maximum absolute atomic E-state index is 12.8. The van der Waals surface area contributed by atoms with E-state index < -0.39 is 17.9 Å². The molecular formula is C20H18N2O4. The van der Waals surface area contributed by atoms with E-state index >= 15 is 0 Å². The van der Waals surface area contributed by atoms with E-state index in [0.717, 1.165) is 16.2 Å². The fourth-order valence-electron chi connectivity index (χ4n) is 3.46. The van der Waals surface area contributed by atoms with Gasteiger partial charge in [-0.1, -0.05) is 30.3 Å². The molecule has 2 aliphatic heterocycles. The Labute approximate surface area is 150 Å². The van der Waals surface area contributed by atoms with Crippen LogP contribution < -0.4 is 10.1 Å². The molecule has 2 aliphatic rings. The fraction of sp³-hybridized carbons (Fsp3) is 0.250. The SMILES string of the molecule is CC(C(=O)NC1CCOc2ccccc21)N1C(=O)c2ccccc2C1=O. The van der Waals surface area contributed by atoms with Gasteiger partial charge in [0.25, 0.3) is 11.8 Å². The Morgan fingerprint density at radius 1 is 1.08 bits per heavy atom. The maximum Gasteiger partial charge on any atom is 0.262 e. The van der Waals surface area contributed by atoms with Crippen LogP contribution in [0.2, 0.25) is 0 Å². The van der Waals surface area contributed by atoms with Crippen molar-refractivity contribution in [1.29, 1.82) is 0 Å². The fourth-order valence-corrected chi connectivity index (χ4v) is 3.46. The Morgan fingerprint density at radius 3 is 2.38 bits per heavy atom. The van der Waals surface area contributed by atoms with Crippen molar-refractivity contribution in [3.8, 4) is 5.75 Å². The van der Waals surface area contributed by atoms with Crippen LogP contribution in [0, 0.1) is 0 Å². The molecule has 132 valence electrons. The van der Waals surface area contributed by atoms with E-state index in [1.165, 1.54) is 0 Å². The van der Waals surface area contributed by atoms with Crippen molar-refractivity contribution in [2.75, 3.05) is 6.61 Å². The van der Waals surface area contributed by atoms with Crippen LogP contribution in [0.5, 0.6) is 5.75 Å². The predicted molar refractivity (Wildman–Crippen MR) is 93.8 cm³/mol. The van der Waals surface area contributed by atoms with Gasteiger partial charge in [0.2, 0.25) is 5.91 Å². The van der Waals surface area contributed by atoms with Crippen LogP contribution >= 0.6 is 0 Å². The molecule has 1 N–H and O–H groups in total. The van der Waals surface area contributed by atoms with Crippen molar-refractivity contribution in [1.82, 2.24) is 10.2 Å². The van der Waals surface area contributed by atoms with Crippen molar-refractivity contribution in [3.63, 3.8) is 0 Å². The second kappa shape index (κ2) is 6.29. The largest absolute Gasteiger partial charge is 0.493 e. The third kappa shape index (κ3) is 2.54. The number of para-hydroxylation sites is 1. The van der Waals surface area contributed by atoms with Gasteiger partial charge in [-0.05, 0) is 25.1 Å². The number of hydrogen-bond donors (Lipinski definition) is 1. The van der Waals surface area contributed by atoms with Crippen molar-refractivity contribution in [2.45, 2.75) is 25.4 Å². The average Bonchev–Trinajstić information content (AvgIpc) is 2.92. The lowest BCUT2D eigenvalue weighted by Gasteiger charge is -2.29. The summed E-state index contributed by atoms with van der Waals surface area (Å²) in [6, 6.07) is 13.1. The second-order valence-electron chi connectivity index (χ2n) is 6.44. The zero-order valence-electron chi connectivity index (χ0n) is 14.3. The first-order valence-corrected chi connectivity index (χ1v) is 8.57. The van der Waals surface area contributed by atoms with Crippen LogP contribution in [0.4, 0.5) is 0 Å². The molecule has 26 heavy (non-hydrogen) atoms. The average molecular weight is 350 g/mol. The normalized spacial score (nSPS) is 19.4. The van der Waals surface area contributed by atoms with E-state index in [9.17, 15) is 14.4 Å². The van der Waals surface area contributed by atoms with Crippen LogP contribution in [-0.2, 0) is 4.79 Å². The zero-order valence-corrected chi connectivity index (χ0v) is 14.3. The lowest BCUT2D eigenvalue weighted by Crippen LogP contribution is -2.49. The monoisotopic (exact) mass is 350 g/mol. The van der Waals surface area contributed by atoms with Gasteiger partial charge in [0.05, 0.1) is 23.8 Å². The van der Waals surface area contributed by atoms with E-state index in [0.29, 0.717) is 24.2 Å². The quantitative estimate of drug-likeness (QED) is 0.862. The van der Waals surface area contributed by atoms with Crippen LogP contribution in [0.25, 0.3) is 0 Å². The summed E-state index contributed by atoms with van der Waals surface area (Å²) in [5, 5.41) is 2.95. The minimum atomic E-state index is -0.891. The summed E-state index contributed by atoms with van der Waals surface area (Å²) in [5.41, 5.74) is 1.59. The summed E-state index contributed by atoms with van der Waals surface area (Å²) < 4.78 is 5.60. The van der Waals surface area contributed by atoms with Gasteiger partial charge < -0.3 is 10.1 Å². The summed E-state index contributed by atoms with van der Waals surface area (Å²) in [6.45, 7) is 2.08. The third-order valence-electron chi connectivity index (χ3n) is 4.87. The first-order valence-electron chi connectivity index (χ1n) is 8.57. The summed E-state index contributed by atoms with van der Waals surface area (Å²) in [5.74, 6) is -0.472. The van der Waals surface area contributed by atoms with Gasteiger partial charge in [0.1, 0.15) is 11.8 Å². The molecule has 2 atom stereocenters. The second-order valence-corrected chi connectivity index (χ2v) is 6.44. The van der Waals surface area contributed by atoms with Crippen LogP contribution in [0.3, 0.4) is 0 Å². The number of rotatable bonds is 3. The van der Waals surface area contributed by atoms with Crippen LogP contribution in [-0.4, -0.2) is 35.3 Å². The van der Waals surface area contributed by atoms with Gasteiger partial charge in [0.15, 0.2) is 0 Å². The number of benzene rings is 2. The molecule has 3 amide bonds. The predicted octanol–water partition coefficient (Wildman–Crippen LogP) is 2.31. The van der Waals surface area contributed by atoms with E-state index in [-0.39, 0.29) is 11.9 Å². The number of ether oxygens (including phenoxy) is 1. The topological polar surface area (TPSA) is 75.7 Å². The van der Waals surface area contributed by atoms with Gasteiger partial charge in [-0.3, -0.25) is 19.3 Å². The van der Waals surface area contributed by atoms with Crippen molar-refractivity contribution in [2.24, 2.45) is 0 Å². The number of fused-ring (bicyclic) bond motifs is 2. The minimum Gasteiger partial charge on any atom is -0.493 e. The highest BCUT2D eigenvalue weighted by molar-refractivity contribution is 6.22. The van der Waals surface area contributed by atoms with Crippen molar-refractivity contribution >= 4 is 17.7 Å². The Hall–Kier alpha value is -3.15. The summed E-state index contributed by atoms with van der Waals surface area (Å²) in [7, 11) is 0. The van der Waals surface area contributed by atoms with E-state index in [1.54, 1.807) is 31.2 Å². The minimum absolute atomic E-state index is 0.204. The molecule has 2 aromatic carbocycles. The Bertz CT molecular complexity index is 873. The molecule has 0 fully saturated rings. The molecule has 2 unspecified atom stereocenters. The molecule has 0 aromatic heterocycles. The highest BCUT2D eigenvalue weighted by Gasteiger charge is 2.41. The molecule has 0 aliphatic carbocycles. The Kier molecular flexibility index (Phi) is 3.95. The van der Waals surface area contributed by atoms with Gasteiger partial charge in [-0.2, -0.15) is 0 Å². The number of amides is 3. The third-order valence-corrected chi connectivity index (χ3v) is 4.87. The standard InChI is InChI=1S/C20H18N2O4/c1-12(22-19(24)13-6-2-3-7-14(13)20(22)25)18(23)21-16-10-11-26-17-9-5-4-8-15(16)17/h2-9,12,16H,10-11H2,1H3,(H,21,23). The first kappa shape index (κ1) is 16.3. The van der Waals surface area contributed by atoms with E-state index in [4.69, 9.17) is 4.74 Å². The molecule has 6 heteroatoms. The van der Waals surface area contributed by atoms with Crippen molar-refractivity contribution in [3.05, 3.63) is 65.2 Å². The molecule has 6 nitrogen and oxygen atoms in total. The van der Waals surface area contributed by atoms with E-state index in [2.05, 4.69) is 5.32 Å². The Balaban J connectivity index is 1.53. The number of carbonyl (C=O) groups is 3. The molecule has 4 rings (SSSR count). The highest BCUT2D eigenvalue weighted by atomic mass is 16.5. The molecular weight excluding hydrogens is 332 g/mol. The van der Waals surface area contributed by atoms with Crippen molar-refractivity contribution < 1.29 is 19.1 Å². The van der Waals surface area contributed by atoms with Gasteiger partial charge >= 0.3 is 0 Å². The molecule has 2 heterocycles. The molecule has 2 aromatic rings. The maximum atomic E-state index is 12.8. The van der Waals surface area contributed by atoms with Gasteiger partial charge in [0, 0.05) is 12.0 Å². The molecule has 0 spiro atoms. The van der Waals surface area contributed by atoms with E-state index in [1.807, 2.05) is 24.3 Å². The lowest BCUT2D eigenvalue weighted by molar-refractivity contribution is -0.125. The molecule has 0 bridgehead atoms. The Morgan fingerprint density at radius 2 is 1.69 bits per heavy atom. The van der Waals surface area contributed by atoms with Crippen LogP contribution in [0.1, 0.15) is 45.7 Å². The number of hydrogen-bond acceptors (Lipinski definition) is 4. The smallest absolute Gasteiger partial charge is 0.262 e. The first-order chi connectivity index (χ1) is 12.6. The molecule has 0 saturated carbocycles. The van der Waals surface area contributed by atoms with Crippen LogP contribution in [0.15, 0.2) is 48.5 Å². The summed E-state index contributed by atoms with van der Waals surface area (Å²) in [4.78, 5) is 38.9. The summed E-state index contributed by atoms with van der Waals surface area (Å²) >= 11 is 0. The number of nitrogens with one attached hydrogen (secondary N) is 1. The number of imide groups is 1. The number of carbonyl (C=O) groups excluding carboxylic acids is 3. The highest BCUT2D eigenvalue weighted by Crippen LogP contribution is 2.32. The zero-order chi connectivity index (χ0) is 18.3. The van der Waals surface area contributed by atoms with Gasteiger partial charge in [-0.15, -0.1) is 0 Å². The molecule has 0 saturated heterocycles. The summed E-state index contributed by atoms with van der Waals surface area (Å²) in [6.07, 6.45) is 0.636. The lowest BCUT2D eigenvalue weighted by atomic mass is 10.00. The number of nitrogens with zero attached hydrogens (tertiary/aromatic N) is 1.